The SMILES string of the molecule is CC(C)(O)C(=O)/C(=C/CCCc1ccccc1)[Se]c1ccccc1. The van der Waals surface area contributed by atoms with Crippen molar-refractivity contribution in [1.29, 1.82) is 0 Å². The van der Waals surface area contributed by atoms with Crippen LogP contribution in [0.1, 0.15) is 32.3 Å². The summed E-state index contributed by atoms with van der Waals surface area (Å²) in [6.07, 6.45) is 4.87. The van der Waals surface area contributed by atoms with Gasteiger partial charge in [0.1, 0.15) is 0 Å². The van der Waals surface area contributed by atoms with Gasteiger partial charge in [-0.3, -0.25) is 0 Å². The number of carbonyl (C=O) groups excluding carboxylic acids is 1. The number of ketones is 1. The summed E-state index contributed by atoms with van der Waals surface area (Å²) in [6, 6.07) is 20.4. The Morgan fingerprint density at radius 2 is 1.62 bits per heavy atom. The first kappa shape index (κ1) is 18.7. The Hall–Kier alpha value is -1.67. The summed E-state index contributed by atoms with van der Waals surface area (Å²) in [6.45, 7) is 3.13. The molecule has 3 heteroatoms. The number of carbonyl (C=O) groups is 1. The van der Waals surface area contributed by atoms with E-state index in [4.69, 9.17) is 0 Å². The molecule has 0 aromatic heterocycles. The number of aryl methyl sites for hydroxylation is 1. The molecule has 126 valence electrons. The van der Waals surface area contributed by atoms with E-state index in [2.05, 4.69) is 12.1 Å². The molecule has 0 radical (unpaired) electrons. The van der Waals surface area contributed by atoms with Crippen LogP contribution in [0.5, 0.6) is 0 Å². The van der Waals surface area contributed by atoms with Gasteiger partial charge in [0.05, 0.1) is 0 Å². The van der Waals surface area contributed by atoms with Gasteiger partial charge in [-0.05, 0) is 0 Å². The van der Waals surface area contributed by atoms with Crippen molar-refractivity contribution in [3.63, 3.8) is 0 Å². The average Bonchev–Trinajstić information content (AvgIpc) is 2.58. The Kier molecular flexibility index (Phi) is 6.98. The molecule has 0 fully saturated rings. The molecule has 0 unspecified atom stereocenters. The molecule has 2 rings (SSSR count). The number of hydrogen-bond donors (Lipinski definition) is 1. The Labute approximate surface area is 150 Å². The molecule has 0 heterocycles. The van der Waals surface area contributed by atoms with Crippen molar-refractivity contribution in [3.05, 3.63) is 76.8 Å². The van der Waals surface area contributed by atoms with E-state index in [-0.39, 0.29) is 20.7 Å². The summed E-state index contributed by atoms with van der Waals surface area (Å²) in [5.41, 5.74) is -0.00300. The quantitative estimate of drug-likeness (QED) is 0.429. The number of benzene rings is 2. The van der Waals surface area contributed by atoms with Crippen LogP contribution < -0.4 is 4.46 Å². The summed E-state index contributed by atoms with van der Waals surface area (Å²) in [5, 5.41) is 10.1. The summed E-state index contributed by atoms with van der Waals surface area (Å²) in [5.74, 6) is -0.161. The number of aliphatic hydroxyl groups is 1. The van der Waals surface area contributed by atoms with E-state index < -0.39 is 5.60 Å². The molecule has 24 heavy (non-hydrogen) atoms. The fourth-order valence-electron chi connectivity index (χ4n) is 2.28. The Morgan fingerprint density at radius 3 is 2.21 bits per heavy atom. The van der Waals surface area contributed by atoms with E-state index in [1.165, 1.54) is 5.56 Å². The van der Waals surface area contributed by atoms with Gasteiger partial charge >= 0.3 is 151 Å². The van der Waals surface area contributed by atoms with Crippen molar-refractivity contribution >= 4 is 25.2 Å². The fourth-order valence-corrected chi connectivity index (χ4v) is 4.57. The zero-order valence-corrected chi connectivity index (χ0v) is 15.9. The van der Waals surface area contributed by atoms with Crippen molar-refractivity contribution in [3.8, 4) is 0 Å². The van der Waals surface area contributed by atoms with Crippen LogP contribution in [-0.4, -0.2) is 31.4 Å². The first-order valence-electron chi connectivity index (χ1n) is 8.21. The second kappa shape index (κ2) is 8.98. The van der Waals surface area contributed by atoms with Crippen molar-refractivity contribution in [1.82, 2.24) is 0 Å². The molecule has 0 spiro atoms. The van der Waals surface area contributed by atoms with Gasteiger partial charge in [-0.1, -0.05) is 0 Å². The van der Waals surface area contributed by atoms with E-state index in [9.17, 15) is 9.90 Å². The Bertz CT molecular complexity index is 670. The predicted molar refractivity (Wildman–Crippen MR) is 101 cm³/mol. The molecule has 0 aliphatic rings. The fraction of sp³-hybridized carbons (Fsp3) is 0.286. The van der Waals surface area contributed by atoms with E-state index >= 15 is 0 Å². The third kappa shape index (κ3) is 6.09. The third-order valence-electron chi connectivity index (χ3n) is 3.59. The number of unbranched alkanes of at least 4 members (excludes halogenated alkanes) is 1. The van der Waals surface area contributed by atoms with E-state index in [1.54, 1.807) is 13.8 Å². The predicted octanol–water partition coefficient (Wildman–Crippen LogP) is 3.26. The molecule has 0 amide bonds. The van der Waals surface area contributed by atoms with Crippen LogP contribution in [0.4, 0.5) is 0 Å². The van der Waals surface area contributed by atoms with Gasteiger partial charge < -0.3 is 0 Å². The molecule has 2 aromatic rings. The van der Waals surface area contributed by atoms with Crippen LogP contribution in [0.15, 0.2) is 71.2 Å². The minimum atomic E-state index is -1.32. The third-order valence-corrected chi connectivity index (χ3v) is 5.86. The molecule has 2 aromatic carbocycles. The summed E-state index contributed by atoms with van der Waals surface area (Å²) in [7, 11) is 0. The van der Waals surface area contributed by atoms with Gasteiger partial charge in [0, 0.05) is 0 Å². The van der Waals surface area contributed by atoms with Crippen LogP contribution >= 0.6 is 0 Å². The van der Waals surface area contributed by atoms with Crippen LogP contribution in [0.2, 0.25) is 0 Å². The number of hydrogen-bond acceptors (Lipinski definition) is 2. The van der Waals surface area contributed by atoms with Crippen LogP contribution in [-0.2, 0) is 11.2 Å². The molecule has 0 saturated heterocycles. The normalized spacial score (nSPS) is 12.2. The standard InChI is InChI=1S/C21H24O2Se/c1-21(2,23)20(22)19(24-18-14-7-4-8-15-18)16-10-9-13-17-11-5-3-6-12-17/h3-8,11-12,14-16,23H,9-10,13H2,1-2H3/b19-16-. The molecular weight excluding hydrogens is 363 g/mol. The zero-order valence-electron chi connectivity index (χ0n) is 14.2. The molecule has 2 nitrogen and oxygen atoms in total. The van der Waals surface area contributed by atoms with Crippen LogP contribution in [0, 0.1) is 0 Å². The molecular formula is C21H24O2Se. The molecule has 1 N–H and O–H groups in total. The second-order valence-electron chi connectivity index (χ2n) is 6.25. The van der Waals surface area contributed by atoms with Crippen LogP contribution in [0.25, 0.3) is 0 Å². The van der Waals surface area contributed by atoms with Crippen molar-refractivity contribution in [2.24, 2.45) is 0 Å². The second-order valence-corrected chi connectivity index (χ2v) is 8.59. The molecule has 0 atom stereocenters. The maximum absolute atomic E-state index is 12.5. The Balaban J connectivity index is 2.03. The number of Topliss-reactive ketones (excluding diaryl/α,β-unsaturated/α-hetero) is 1. The van der Waals surface area contributed by atoms with E-state index in [0.29, 0.717) is 0 Å². The van der Waals surface area contributed by atoms with Gasteiger partial charge in [-0.2, -0.15) is 0 Å². The van der Waals surface area contributed by atoms with Crippen molar-refractivity contribution in [2.75, 3.05) is 0 Å². The monoisotopic (exact) mass is 388 g/mol. The molecule has 0 aliphatic carbocycles. The molecule has 0 saturated carbocycles. The van der Waals surface area contributed by atoms with E-state index in [0.717, 1.165) is 28.2 Å². The maximum atomic E-state index is 12.5. The first-order valence-corrected chi connectivity index (χ1v) is 9.92. The van der Waals surface area contributed by atoms with E-state index in [1.807, 2.05) is 54.6 Å². The molecule has 0 bridgehead atoms. The summed E-state index contributed by atoms with van der Waals surface area (Å²) >= 11 is -0.0783. The Morgan fingerprint density at radius 1 is 1.04 bits per heavy atom. The molecule has 0 aliphatic heterocycles. The topological polar surface area (TPSA) is 37.3 Å². The number of rotatable bonds is 8. The number of allylic oxidation sites excluding steroid dienone is 1. The van der Waals surface area contributed by atoms with Gasteiger partial charge in [-0.25, -0.2) is 0 Å². The van der Waals surface area contributed by atoms with Gasteiger partial charge in [-0.15, -0.1) is 0 Å². The zero-order chi connectivity index (χ0) is 17.4. The first-order chi connectivity index (χ1) is 11.5. The van der Waals surface area contributed by atoms with Gasteiger partial charge in [0.15, 0.2) is 0 Å². The van der Waals surface area contributed by atoms with Crippen LogP contribution in [0.3, 0.4) is 0 Å². The minimum absolute atomic E-state index is 0.0783. The summed E-state index contributed by atoms with van der Waals surface area (Å²) < 4.78 is 1.91. The van der Waals surface area contributed by atoms with Crippen molar-refractivity contribution < 1.29 is 9.90 Å². The average molecular weight is 387 g/mol. The van der Waals surface area contributed by atoms with Crippen molar-refractivity contribution in [2.45, 2.75) is 38.7 Å². The van der Waals surface area contributed by atoms with Gasteiger partial charge in [0.2, 0.25) is 0 Å². The summed E-state index contributed by atoms with van der Waals surface area (Å²) in [4.78, 5) is 12.5. The van der Waals surface area contributed by atoms with Gasteiger partial charge in [0.25, 0.3) is 0 Å².